The maximum Gasteiger partial charge on any atom is 0.337 e. The summed E-state index contributed by atoms with van der Waals surface area (Å²) in [6, 6.07) is 2.26. The lowest BCUT2D eigenvalue weighted by atomic mass is 10.00. The number of ether oxygens (including phenoxy) is 4. The van der Waals surface area contributed by atoms with E-state index in [1.54, 1.807) is 0 Å². The fraction of sp³-hybridized carbons (Fsp3) is 0.524. The average Bonchev–Trinajstić information content (AvgIpc) is 2.84. The molecule has 2 aliphatic carbocycles. The highest BCUT2D eigenvalue weighted by Crippen LogP contribution is 2.40. The molecule has 0 spiro atoms. The largest absolute Gasteiger partial charge is 0.466 e. The molecule has 6 heteroatoms. The molecule has 0 aromatic heterocycles. The van der Waals surface area contributed by atoms with E-state index in [1.807, 2.05) is 24.3 Å². The van der Waals surface area contributed by atoms with Gasteiger partial charge < -0.3 is 18.9 Å². The Morgan fingerprint density at radius 2 is 1.81 bits per heavy atom. The number of hydrogen-bond donors (Lipinski definition) is 0. The van der Waals surface area contributed by atoms with Crippen LogP contribution in [0, 0.1) is 11.3 Å². The summed E-state index contributed by atoms with van der Waals surface area (Å²) in [6.07, 6.45) is 9.80. The van der Waals surface area contributed by atoms with Gasteiger partial charge in [0.2, 0.25) is 0 Å². The molecular formula is C21H25NO5. The summed E-state index contributed by atoms with van der Waals surface area (Å²) in [5.74, 6) is -0.479. The van der Waals surface area contributed by atoms with Gasteiger partial charge >= 0.3 is 5.97 Å². The third kappa shape index (κ3) is 4.38. The van der Waals surface area contributed by atoms with E-state index < -0.39 is 18.2 Å². The fourth-order valence-electron chi connectivity index (χ4n) is 3.49. The van der Waals surface area contributed by atoms with Crippen LogP contribution in [0.4, 0.5) is 0 Å². The minimum atomic E-state index is -0.722. The molecule has 0 saturated heterocycles. The maximum atomic E-state index is 12.5. The van der Waals surface area contributed by atoms with Crippen molar-refractivity contribution < 1.29 is 23.7 Å². The molecule has 0 aromatic carbocycles. The van der Waals surface area contributed by atoms with Crippen LogP contribution in [-0.2, 0) is 23.7 Å². The van der Waals surface area contributed by atoms with Crippen molar-refractivity contribution >= 4 is 5.97 Å². The first-order valence-corrected chi connectivity index (χ1v) is 9.40. The van der Waals surface area contributed by atoms with E-state index in [0.29, 0.717) is 42.1 Å². The number of carbonyl (C=O) groups excluding carboxylic acids is 1. The lowest BCUT2D eigenvalue weighted by Crippen LogP contribution is -2.23. The highest BCUT2D eigenvalue weighted by molar-refractivity contribution is 5.95. The van der Waals surface area contributed by atoms with Gasteiger partial charge in [-0.3, -0.25) is 0 Å². The Bertz CT molecular complexity index is 725. The highest BCUT2D eigenvalue weighted by Gasteiger charge is 2.41. The summed E-state index contributed by atoms with van der Waals surface area (Å²) in [7, 11) is 1.34. The molecule has 6 nitrogen and oxygen atoms in total. The number of carbonyl (C=O) groups is 1. The van der Waals surface area contributed by atoms with Gasteiger partial charge in [-0.25, -0.2) is 4.79 Å². The number of esters is 1. The molecule has 2 unspecified atom stereocenters. The van der Waals surface area contributed by atoms with Crippen molar-refractivity contribution in [3.8, 4) is 6.07 Å². The Morgan fingerprint density at radius 1 is 1.11 bits per heavy atom. The first kappa shape index (κ1) is 19.6. The van der Waals surface area contributed by atoms with Crippen molar-refractivity contribution in [2.45, 2.75) is 37.9 Å². The van der Waals surface area contributed by atoms with E-state index in [4.69, 9.17) is 18.9 Å². The van der Waals surface area contributed by atoms with Crippen LogP contribution in [0.1, 0.15) is 25.7 Å². The van der Waals surface area contributed by atoms with Gasteiger partial charge in [0.25, 0.3) is 0 Å². The normalized spacial score (nSPS) is 26.8. The summed E-state index contributed by atoms with van der Waals surface area (Å²) < 4.78 is 22.6. The standard InChI is InChI=1S/C21H25NO5/c1-24-21(23)19-15-8-2-3-9-17-18(15)16(14-22)20(19)27-13-7-5-11-25-10-4-6-12-26-17/h2-3,8-9,17,20H,4-7,10-13H2,1H3. The molecule has 0 amide bonds. The lowest BCUT2D eigenvalue weighted by molar-refractivity contribution is -0.137. The summed E-state index contributed by atoms with van der Waals surface area (Å²) in [5, 5.41) is 9.85. The second-order valence-corrected chi connectivity index (χ2v) is 6.57. The van der Waals surface area contributed by atoms with Gasteiger partial charge in [0.15, 0.2) is 0 Å². The first-order chi connectivity index (χ1) is 13.3. The molecule has 3 rings (SSSR count). The minimum absolute atomic E-state index is 0.376. The fourth-order valence-corrected chi connectivity index (χ4v) is 3.49. The minimum Gasteiger partial charge on any atom is -0.466 e. The van der Waals surface area contributed by atoms with Crippen molar-refractivity contribution in [3.63, 3.8) is 0 Å². The number of allylic oxidation sites excluding steroid dienone is 3. The summed E-state index contributed by atoms with van der Waals surface area (Å²) in [6.45, 7) is 2.39. The number of nitriles is 1. The molecule has 0 fully saturated rings. The zero-order chi connectivity index (χ0) is 19.1. The maximum absolute atomic E-state index is 12.5. The van der Waals surface area contributed by atoms with Gasteiger partial charge in [-0.1, -0.05) is 24.3 Å². The summed E-state index contributed by atoms with van der Waals surface area (Å²) >= 11 is 0. The smallest absolute Gasteiger partial charge is 0.337 e. The van der Waals surface area contributed by atoms with E-state index in [2.05, 4.69) is 6.07 Å². The predicted octanol–water partition coefficient (Wildman–Crippen LogP) is 2.78. The zero-order valence-electron chi connectivity index (χ0n) is 15.6. The van der Waals surface area contributed by atoms with Crippen LogP contribution < -0.4 is 0 Å². The van der Waals surface area contributed by atoms with Crippen LogP contribution >= 0.6 is 0 Å². The molecule has 0 radical (unpaired) electrons. The third-order valence-corrected chi connectivity index (χ3v) is 4.81. The van der Waals surface area contributed by atoms with Crippen molar-refractivity contribution in [2.24, 2.45) is 0 Å². The van der Waals surface area contributed by atoms with Gasteiger partial charge in [0.1, 0.15) is 12.2 Å². The molecule has 0 saturated carbocycles. The second kappa shape index (κ2) is 9.65. The molecule has 0 aromatic rings. The lowest BCUT2D eigenvalue weighted by Gasteiger charge is -2.17. The van der Waals surface area contributed by atoms with Crippen LogP contribution in [-0.4, -0.2) is 51.7 Å². The van der Waals surface area contributed by atoms with Crippen LogP contribution in [0.25, 0.3) is 0 Å². The second-order valence-electron chi connectivity index (χ2n) is 6.57. The Labute approximate surface area is 159 Å². The van der Waals surface area contributed by atoms with Gasteiger partial charge in [-0.15, -0.1) is 0 Å². The predicted molar refractivity (Wildman–Crippen MR) is 98.7 cm³/mol. The van der Waals surface area contributed by atoms with Crippen LogP contribution in [0.5, 0.6) is 0 Å². The Hall–Kier alpha value is -2.20. The molecule has 1 heterocycles. The van der Waals surface area contributed by atoms with Gasteiger partial charge in [-0.2, -0.15) is 5.26 Å². The van der Waals surface area contributed by atoms with E-state index in [0.717, 1.165) is 32.3 Å². The summed E-state index contributed by atoms with van der Waals surface area (Å²) in [5.41, 5.74) is 2.19. The molecule has 0 N–H and O–H groups in total. The van der Waals surface area contributed by atoms with Crippen LogP contribution in [0.15, 0.2) is 46.6 Å². The topological polar surface area (TPSA) is 77.8 Å². The number of nitrogens with zero attached hydrogens (tertiary/aromatic N) is 1. The van der Waals surface area contributed by atoms with Crippen molar-refractivity contribution in [2.75, 3.05) is 33.5 Å². The number of fused-ring (bicyclic) bond motifs is 1. The first-order valence-electron chi connectivity index (χ1n) is 9.40. The van der Waals surface area contributed by atoms with Gasteiger partial charge in [-0.05, 0) is 31.3 Å². The van der Waals surface area contributed by atoms with Crippen molar-refractivity contribution in [1.29, 1.82) is 5.26 Å². The monoisotopic (exact) mass is 371 g/mol. The quantitative estimate of drug-likeness (QED) is 0.660. The SMILES string of the molecule is COC(=O)C1=C2C=CC=CC3OCCCCOCCCCOC1C(C#N)=C23. The molecule has 2 bridgehead atoms. The molecule has 1 aliphatic heterocycles. The van der Waals surface area contributed by atoms with Crippen LogP contribution in [0.2, 0.25) is 0 Å². The van der Waals surface area contributed by atoms with E-state index in [-0.39, 0.29) is 0 Å². The Kier molecular flexibility index (Phi) is 6.99. The third-order valence-electron chi connectivity index (χ3n) is 4.81. The Morgan fingerprint density at radius 3 is 2.52 bits per heavy atom. The molecule has 144 valence electrons. The van der Waals surface area contributed by atoms with E-state index in [9.17, 15) is 10.1 Å². The summed E-state index contributed by atoms with van der Waals surface area (Å²) in [4.78, 5) is 12.5. The molecule has 2 atom stereocenters. The number of rotatable bonds is 1. The zero-order valence-corrected chi connectivity index (χ0v) is 15.6. The van der Waals surface area contributed by atoms with Crippen molar-refractivity contribution in [3.05, 3.63) is 46.6 Å². The number of methoxy groups -OCH3 is 1. The highest BCUT2D eigenvalue weighted by atomic mass is 16.5. The van der Waals surface area contributed by atoms with E-state index >= 15 is 0 Å². The molecule has 3 aliphatic rings. The Balaban J connectivity index is 2.00. The van der Waals surface area contributed by atoms with E-state index in [1.165, 1.54) is 7.11 Å². The van der Waals surface area contributed by atoms with Crippen molar-refractivity contribution in [1.82, 2.24) is 0 Å². The number of hydrogen-bond acceptors (Lipinski definition) is 6. The van der Waals surface area contributed by atoms with Gasteiger partial charge in [0.05, 0.1) is 24.3 Å². The van der Waals surface area contributed by atoms with Crippen LogP contribution in [0.3, 0.4) is 0 Å². The van der Waals surface area contributed by atoms with Gasteiger partial charge in [0, 0.05) is 32.0 Å². The molecule has 27 heavy (non-hydrogen) atoms. The average molecular weight is 371 g/mol. The molecular weight excluding hydrogens is 346 g/mol.